The maximum absolute atomic E-state index is 11.3. The lowest BCUT2D eigenvalue weighted by molar-refractivity contribution is -0.120. The SMILES string of the molecule is CNCC1CCCCCC(=O)C1. The lowest BCUT2D eigenvalue weighted by Crippen LogP contribution is -2.22. The fourth-order valence-corrected chi connectivity index (χ4v) is 1.92. The molecule has 2 nitrogen and oxygen atoms in total. The van der Waals surface area contributed by atoms with Crippen molar-refractivity contribution in [3.8, 4) is 0 Å². The van der Waals surface area contributed by atoms with E-state index in [2.05, 4.69) is 5.32 Å². The molecule has 1 atom stereocenters. The lowest BCUT2D eigenvalue weighted by Gasteiger charge is -2.18. The summed E-state index contributed by atoms with van der Waals surface area (Å²) in [6, 6.07) is 0. The number of nitrogens with one attached hydrogen (secondary N) is 1. The molecule has 12 heavy (non-hydrogen) atoms. The van der Waals surface area contributed by atoms with E-state index in [1.807, 2.05) is 7.05 Å². The van der Waals surface area contributed by atoms with Gasteiger partial charge in [0, 0.05) is 12.8 Å². The van der Waals surface area contributed by atoms with Crippen LogP contribution in [0.4, 0.5) is 0 Å². The van der Waals surface area contributed by atoms with Gasteiger partial charge < -0.3 is 5.32 Å². The van der Waals surface area contributed by atoms with Gasteiger partial charge in [0.1, 0.15) is 5.78 Å². The van der Waals surface area contributed by atoms with Gasteiger partial charge in [0.25, 0.3) is 0 Å². The second kappa shape index (κ2) is 5.31. The molecule has 70 valence electrons. The molecular weight excluding hydrogens is 150 g/mol. The van der Waals surface area contributed by atoms with Gasteiger partial charge in [-0.05, 0) is 32.4 Å². The zero-order valence-corrected chi connectivity index (χ0v) is 7.94. The number of hydrogen-bond acceptors (Lipinski definition) is 2. The highest BCUT2D eigenvalue weighted by molar-refractivity contribution is 5.78. The second-order valence-electron chi connectivity index (χ2n) is 3.77. The van der Waals surface area contributed by atoms with Gasteiger partial charge in [-0.2, -0.15) is 0 Å². The quantitative estimate of drug-likeness (QED) is 0.682. The van der Waals surface area contributed by atoms with Crippen molar-refractivity contribution in [2.45, 2.75) is 38.5 Å². The van der Waals surface area contributed by atoms with E-state index < -0.39 is 0 Å². The number of hydrogen-bond donors (Lipinski definition) is 1. The average molecular weight is 169 g/mol. The molecule has 1 aliphatic carbocycles. The highest BCUT2D eigenvalue weighted by Gasteiger charge is 2.15. The maximum atomic E-state index is 11.3. The summed E-state index contributed by atoms with van der Waals surface area (Å²) in [5.74, 6) is 1.07. The minimum Gasteiger partial charge on any atom is -0.319 e. The molecule has 0 aromatic rings. The van der Waals surface area contributed by atoms with Crippen LogP contribution in [0.1, 0.15) is 38.5 Å². The summed E-state index contributed by atoms with van der Waals surface area (Å²) < 4.78 is 0. The van der Waals surface area contributed by atoms with Crippen LogP contribution in [0.25, 0.3) is 0 Å². The van der Waals surface area contributed by atoms with Gasteiger partial charge >= 0.3 is 0 Å². The van der Waals surface area contributed by atoms with E-state index in [-0.39, 0.29) is 0 Å². The Bertz CT molecular complexity index is 145. The van der Waals surface area contributed by atoms with Crippen LogP contribution in [-0.4, -0.2) is 19.4 Å². The van der Waals surface area contributed by atoms with E-state index in [0.717, 1.165) is 25.8 Å². The fourth-order valence-electron chi connectivity index (χ4n) is 1.92. The molecule has 2 heteroatoms. The summed E-state index contributed by atoms with van der Waals surface area (Å²) in [5.41, 5.74) is 0. The predicted octanol–water partition coefficient (Wildman–Crippen LogP) is 1.75. The smallest absolute Gasteiger partial charge is 0.133 e. The van der Waals surface area contributed by atoms with Gasteiger partial charge in [0.2, 0.25) is 0 Å². The number of ketones is 1. The molecule has 0 bridgehead atoms. The first-order chi connectivity index (χ1) is 5.83. The first-order valence-electron chi connectivity index (χ1n) is 4.99. The van der Waals surface area contributed by atoms with E-state index >= 15 is 0 Å². The molecule has 0 aromatic carbocycles. The first-order valence-corrected chi connectivity index (χ1v) is 4.99. The van der Waals surface area contributed by atoms with Gasteiger partial charge in [-0.3, -0.25) is 4.79 Å². The molecule has 1 rings (SSSR count). The normalized spacial score (nSPS) is 26.4. The maximum Gasteiger partial charge on any atom is 0.133 e. The van der Waals surface area contributed by atoms with Gasteiger partial charge in [-0.1, -0.05) is 12.8 Å². The fraction of sp³-hybridized carbons (Fsp3) is 0.900. The summed E-state index contributed by atoms with van der Waals surface area (Å²) in [6.45, 7) is 1.01. The summed E-state index contributed by atoms with van der Waals surface area (Å²) in [6.07, 6.45) is 6.52. The summed E-state index contributed by atoms with van der Waals surface area (Å²) in [4.78, 5) is 11.3. The molecule has 0 aromatic heterocycles. The zero-order chi connectivity index (χ0) is 8.81. The first kappa shape index (κ1) is 9.72. The molecule has 0 saturated heterocycles. The molecule has 0 aliphatic heterocycles. The third-order valence-electron chi connectivity index (χ3n) is 2.58. The molecule has 0 amide bonds. The van der Waals surface area contributed by atoms with Gasteiger partial charge in [-0.15, -0.1) is 0 Å². The summed E-state index contributed by atoms with van der Waals surface area (Å²) >= 11 is 0. The highest BCUT2D eigenvalue weighted by Crippen LogP contribution is 2.19. The van der Waals surface area contributed by atoms with Crippen molar-refractivity contribution in [1.82, 2.24) is 5.32 Å². The standard InChI is InChI=1S/C10H19NO/c1-11-8-9-5-3-2-4-6-10(12)7-9/h9,11H,2-8H2,1H3. The number of carbonyl (C=O) groups is 1. The monoisotopic (exact) mass is 169 g/mol. The van der Waals surface area contributed by atoms with Crippen LogP contribution in [-0.2, 0) is 4.79 Å². The minimum atomic E-state index is 0.468. The second-order valence-corrected chi connectivity index (χ2v) is 3.77. The van der Waals surface area contributed by atoms with Crippen molar-refractivity contribution >= 4 is 5.78 Å². The molecular formula is C10H19NO. The number of Topliss-reactive ketones (excluding diaryl/α,β-unsaturated/α-hetero) is 1. The molecule has 1 aliphatic rings. The van der Waals surface area contributed by atoms with Crippen LogP contribution in [0.3, 0.4) is 0 Å². The van der Waals surface area contributed by atoms with Crippen molar-refractivity contribution in [2.75, 3.05) is 13.6 Å². The van der Waals surface area contributed by atoms with E-state index in [4.69, 9.17) is 0 Å². The highest BCUT2D eigenvalue weighted by atomic mass is 16.1. The van der Waals surface area contributed by atoms with Crippen LogP contribution in [0.2, 0.25) is 0 Å². The number of rotatable bonds is 2. The van der Waals surface area contributed by atoms with E-state index in [1.54, 1.807) is 0 Å². The van der Waals surface area contributed by atoms with Crippen molar-refractivity contribution in [3.63, 3.8) is 0 Å². The molecule has 1 fully saturated rings. The predicted molar refractivity (Wildman–Crippen MR) is 50.1 cm³/mol. The Morgan fingerprint density at radius 3 is 3.00 bits per heavy atom. The Labute approximate surface area is 74.7 Å². The topological polar surface area (TPSA) is 29.1 Å². The Hall–Kier alpha value is -0.370. The summed E-state index contributed by atoms with van der Waals surface area (Å²) in [5, 5.41) is 3.15. The summed E-state index contributed by atoms with van der Waals surface area (Å²) in [7, 11) is 1.96. The Morgan fingerprint density at radius 2 is 2.25 bits per heavy atom. The Kier molecular flexibility index (Phi) is 4.30. The molecule has 0 radical (unpaired) electrons. The van der Waals surface area contributed by atoms with Crippen molar-refractivity contribution in [2.24, 2.45) is 5.92 Å². The van der Waals surface area contributed by atoms with Crippen LogP contribution >= 0.6 is 0 Å². The molecule has 0 spiro atoms. The van der Waals surface area contributed by atoms with Crippen molar-refractivity contribution < 1.29 is 4.79 Å². The lowest BCUT2D eigenvalue weighted by atomic mass is 9.90. The van der Waals surface area contributed by atoms with Crippen LogP contribution in [0, 0.1) is 5.92 Å². The molecule has 1 N–H and O–H groups in total. The van der Waals surface area contributed by atoms with Gasteiger partial charge in [-0.25, -0.2) is 0 Å². The zero-order valence-electron chi connectivity index (χ0n) is 7.94. The molecule has 1 unspecified atom stereocenters. The van der Waals surface area contributed by atoms with Crippen LogP contribution in [0.5, 0.6) is 0 Å². The Balaban J connectivity index is 2.33. The average Bonchev–Trinajstić information content (AvgIpc) is 2.00. The third-order valence-corrected chi connectivity index (χ3v) is 2.58. The van der Waals surface area contributed by atoms with Crippen LogP contribution < -0.4 is 5.32 Å². The largest absolute Gasteiger partial charge is 0.319 e. The van der Waals surface area contributed by atoms with E-state index in [0.29, 0.717) is 11.7 Å². The minimum absolute atomic E-state index is 0.468. The number of carbonyl (C=O) groups excluding carboxylic acids is 1. The van der Waals surface area contributed by atoms with Gasteiger partial charge in [0.05, 0.1) is 0 Å². The van der Waals surface area contributed by atoms with Crippen molar-refractivity contribution in [1.29, 1.82) is 0 Å². The van der Waals surface area contributed by atoms with Crippen LogP contribution in [0.15, 0.2) is 0 Å². The van der Waals surface area contributed by atoms with Gasteiger partial charge in [0.15, 0.2) is 0 Å². The Morgan fingerprint density at radius 1 is 1.42 bits per heavy atom. The van der Waals surface area contributed by atoms with E-state index in [1.165, 1.54) is 19.3 Å². The molecule has 1 saturated carbocycles. The third kappa shape index (κ3) is 3.35. The van der Waals surface area contributed by atoms with E-state index in [9.17, 15) is 4.79 Å². The van der Waals surface area contributed by atoms with Crippen molar-refractivity contribution in [3.05, 3.63) is 0 Å². The molecule has 0 heterocycles.